The van der Waals surface area contributed by atoms with Gasteiger partial charge in [0.1, 0.15) is 0 Å². The number of alkyl halides is 1. The topological polar surface area (TPSA) is 34.1 Å². The van der Waals surface area contributed by atoms with Gasteiger partial charge < -0.3 is 10.1 Å². The average Bonchev–Trinajstić information content (AvgIpc) is 3.07. The lowest BCUT2D eigenvalue weighted by molar-refractivity contribution is 0.414. The summed E-state index contributed by atoms with van der Waals surface area (Å²) in [5, 5.41) is 3.30. The highest BCUT2D eigenvalue weighted by Crippen LogP contribution is 2.46. The molecule has 1 aliphatic carbocycles. The van der Waals surface area contributed by atoms with Crippen molar-refractivity contribution in [3.8, 4) is 5.75 Å². The Labute approximate surface area is 94.8 Å². The number of nitrogens with one attached hydrogen (secondary N) is 1. The summed E-state index contributed by atoms with van der Waals surface area (Å²) in [4.78, 5) is 4.24. The van der Waals surface area contributed by atoms with Crippen LogP contribution in [0.1, 0.15) is 12.8 Å². The molecule has 0 bridgehead atoms. The molecule has 1 aromatic rings. The van der Waals surface area contributed by atoms with Crippen molar-refractivity contribution in [1.82, 2.24) is 4.98 Å². The van der Waals surface area contributed by atoms with Crippen LogP contribution in [0.4, 0.5) is 5.82 Å². The molecule has 0 unspecified atom stereocenters. The van der Waals surface area contributed by atoms with E-state index in [-0.39, 0.29) is 0 Å². The van der Waals surface area contributed by atoms with E-state index in [2.05, 4.69) is 10.3 Å². The van der Waals surface area contributed by atoms with E-state index in [1.807, 2.05) is 12.1 Å². The van der Waals surface area contributed by atoms with Crippen LogP contribution < -0.4 is 10.1 Å². The summed E-state index contributed by atoms with van der Waals surface area (Å²) in [5.41, 5.74) is 0.296. The normalized spacial score (nSPS) is 17.2. The van der Waals surface area contributed by atoms with Crippen LogP contribution >= 0.6 is 11.6 Å². The molecular weight excluding hydrogens is 212 g/mol. The van der Waals surface area contributed by atoms with E-state index in [4.69, 9.17) is 16.3 Å². The predicted molar refractivity (Wildman–Crippen MR) is 61.7 cm³/mol. The largest absolute Gasteiger partial charge is 0.493 e. The molecule has 15 heavy (non-hydrogen) atoms. The summed E-state index contributed by atoms with van der Waals surface area (Å²) in [5.74, 6) is 2.30. The number of anilines is 1. The molecule has 0 aliphatic heterocycles. The Morgan fingerprint density at radius 1 is 1.60 bits per heavy atom. The Hall–Kier alpha value is -0.960. The first-order chi connectivity index (χ1) is 7.29. The van der Waals surface area contributed by atoms with Gasteiger partial charge in [-0.3, -0.25) is 0 Å². The van der Waals surface area contributed by atoms with Gasteiger partial charge in [-0.05, 0) is 25.0 Å². The van der Waals surface area contributed by atoms with E-state index in [1.54, 1.807) is 13.3 Å². The molecule has 1 N–H and O–H groups in total. The highest BCUT2D eigenvalue weighted by molar-refractivity contribution is 6.18. The maximum absolute atomic E-state index is 5.90. The summed E-state index contributed by atoms with van der Waals surface area (Å²) >= 11 is 5.90. The van der Waals surface area contributed by atoms with Gasteiger partial charge in [-0.2, -0.15) is 0 Å². The first kappa shape index (κ1) is 10.6. The number of aromatic nitrogens is 1. The zero-order chi connectivity index (χ0) is 10.7. The molecule has 2 rings (SSSR count). The monoisotopic (exact) mass is 226 g/mol. The molecule has 0 saturated heterocycles. The van der Waals surface area contributed by atoms with Crippen LogP contribution in [0.25, 0.3) is 0 Å². The van der Waals surface area contributed by atoms with E-state index in [0.717, 1.165) is 24.0 Å². The fraction of sp³-hybridized carbons (Fsp3) is 0.545. The van der Waals surface area contributed by atoms with Crippen LogP contribution in [0.2, 0.25) is 0 Å². The van der Waals surface area contributed by atoms with E-state index in [1.165, 1.54) is 12.8 Å². The van der Waals surface area contributed by atoms with Crippen molar-refractivity contribution in [2.24, 2.45) is 5.41 Å². The standard InChI is InChI=1S/C11H15ClN2O/c1-15-9-3-2-6-13-10(9)14-8-11(7-12)4-5-11/h2-3,6H,4-5,7-8H2,1H3,(H,13,14). The second kappa shape index (κ2) is 4.27. The molecule has 0 spiro atoms. The SMILES string of the molecule is COc1cccnc1NCC1(CCl)CC1. The molecule has 1 fully saturated rings. The molecule has 0 radical (unpaired) electrons. The van der Waals surface area contributed by atoms with E-state index in [9.17, 15) is 0 Å². The lowest BCUT2D eigenvalue weighted by Gasteiger charge is -2.14. The third-order valence-corrected chi connectivity index (χ3v) is 3.43. The van der Waals surface area contributed by atoms with Gasteiger partial charge in [0.2, 0.25) is 0 Å². The smallest absolute Gasteiger partial charge is 0.168 e. The van der Waals surface area contributed by atoms with Crippen molar-refractivity contribution in [2.45, 2.75) is 12.8 Å². The van der Waals surface area contributed by atoms with Crippen LogP contribution in [0.5, 0.6) is 5.75 Å². The molecule has 0 aromatic carbocycles. The zero-order valence-corrected chi connectivity index (χ0v) is 9.55. The number of ether oxygens (including phenoxy) is 1. The Balaban J connectivity index is 1.98. The van der Waals surface area contributed by atoms with Crippen molar-refractivity contribution >= 4 is 17.4 Å². The summed E-state index contributed by atoms with van der Waals surface area (Å²) in [7, 11) is 1.65. The first-order valence-corrected chi connectivity index (χ1v) is 5.62. The molecule has 1 saturated carbocycles. The van der Waals surface area contributed by atoms with Crippen LogP contribution in [-0.2, 0) is 0 Å². The van der Waals surface area contributed by atoms with Gasteiger partial charge in [0.15, 0.2) is 11.6 Å². The number of nitrogens with zero attached hydrogens (tertiary/aromatic N) is 1. The van der Waals surface area contributed by atoms with Crippen LogP contribution in [0, 0.1) is 5.41 Å². The molecule has 1 aliphatic rings. The number of hydrogen-bond donors (Lipinski definition) is 1. The number of hydrogen-bond acceptors (Lipinski definition) is 3. The van der Waals surface area contributed by atoms with Crippen molar-refractivity contribution < 1.29 is 4.74 Å². The quantitative estimate of drug-likeness (QED) is 0.784. The number of rotatable bonds is 5. The van der Waals surface area contributed by atoms with E-state index >= 15 is 0 Å². The van der Waals surface area contributed by atoms with Crippen molar-refractivity contribution in [3.63, 3.8) is 0 Å². The number of pyridine rings is 1. The van der Waals surface area contributed by atoms with Gasteiger partial charge in [-0.25, -0.2) is 4.98 Å². The minimum atomic E-state index is 0.296. The van der Waals surface area contributed by atoms with Gasteiger partial charge in [-0.1, -0.05) is 0 Å². The third-order valence-electron chi connectivity index (χ3n) is 2.86. The third kappa shape index (κ3) is 2.34. The highest BCUT2D eigenvalue weighted by Gasteiger charge is 2.41. The maximum Gasteiger partial charge on any atom is 0.168 e. The Kier molecular flexibility index (Phi) is 3.00. The second-order valence-corrected chi connectivity index (χ2v) is 4.31. The Morgan fingerprint density at radius 3 is 3.00 bits per heavy atom. The molecular formula is C11H15ClN2O. The Morgan fingerprint density at radius 2 is 2.40 bits per heavy atom. The van der Waals surface area contributed by atoms with E-state index < -0.39 is 0 Å². The molecule has 82 valence electrons. The minimum Gasteiger partial charge on any atom is -0.493 e. The fourth-order valence-corrected chi connectivity index (χ4v) is 1.86. The van der Waals surface area contributed by atoms with Gasteiger partial charge >= 0.3 is 0 Å². The highest BCUT2D eigenvalue weighted by atomic mass is 35.5. The zero-order valence-electron chi connectivity index (χ0n) is 8.79. The molecule has 3 nitrogen and oxygen atoms in total. The number of halogens is 1. The van der Waals surface area contributed by atoms with Gasteiger partial charge in [0, 0.05) is 24.0 Å². The van der Waals surface area contributed by atoms with Gasteiger partial charge in [0.05, 0.1) is 7.11 Å². The summed E-state index contributed by atoms with van der Waals surface area (Å²) in [6.07, 6.45) is 4.17. The molecule has 0 amide bonds. The maximum atomic E-state index is 5.90. The average molecular weight is 227 g/mol. The van der Waals surface area contributed by atoms with Crippen molar-refractivity contribution in [1.29, 1.82) is 0 Å². The van der Waals surface area contributed by atoms with Gasteiger partial charge in [0.25, 0.3) is 0 Å². The molecule has 0 atom stereocenters. The van der Waals surface area contributed by atoms with Crippen molar-refractivity contribution in [2.75, 3.05) is 24.9 Å². The van der Waals surface area contributed by atoms with Crippen LogP contribution in [0.15, 0.2) is 18.3 Å². The van der Waals surface area contributed by atoms with Crippen LogP contribution in [-0.4, -0.2) is 24.5 Å². The molecule has 4 heteroatoms. The lowest BCUT2D eigenvalue weighted by atomic mass is 10.1. The summed E-state index contributed by atoms with van der Waals surface area (Å²) in [6.45, 7) is 0.879. The van der Waals surface area contributed by atoms with Crippen molar-refractivity contribution in [3.05, 3.63) is 18.3 Å². The van der Waals surface area contributed by atoms with E-state index in [0.29, 0.717) is 5.41 Å². The fourth-order valence-electron chi connectivity index (χ4n) is 1.49. The molecule has 1 aromatic heterocycles. The predicted octanol–water partition coefficient (Wildman–Crippen LogP) is 2.52. The van der Waals surface area contributed by atoms with Crippen LogP contribution in [0.3, 0.4) is 0 Å². The Bertz CT molecular complexity index is 339. The summed E-state index contributed by atoms with van der Waals surface area (Å²) in [6, 6.07) is 3.76. The molecule has 1 heterocycles. The van der Waals surface area contributed by atoms with Gasteiger partial charge in [-0.15, -0.1) is 11.6 Å². The number of methoxy groups -OCH3 is 1. The minimum absolute atomic E-state index is 0.296. The lowest BCUT2D eigenvalue weighted by Crippen LogP contribution is -2.17. The summed E-state index contributed by atoms with van der Waals surface area (Å²) < 4.78 is 5.21. The second-order valence-electron chi connectivity index (χ2n) is 4.04. The first-order valence-electron chi connectivity index (χ1n) is 5.08.